The molecule has 2 aromatic rings. The van der Waals surface area contributed by atoms with Crippen LogP contribution in [0.4, 0.5) is 10.2 Å². The molecule has 0 saturated carbocycles. The molecule has 3 nitrogen and oxygen atoms in total. The van der Waals surface area contributed by atoms with Crippen molar-refractivity contribution < 1.29 is 9.13 Å². The van der Waals surface area contributed by atoms with Crippen LogP contribution in [-0.4, -0.2) is 4.98 Å². The van der Waals surface area contributed by atoms with Crippen molar-refractivity contribution >= 4 is 17.4 Å². The molecule has 0 aliphatic carbocycles. The number of nitrogens with zero attached hydrogens (tertiary/aromatic N) is 1. The van der Waals surface area contributed by atoms with Gasteiger partial charge in [0.2, 0.25) is 0 Å². The van der Waals surface area contributed by atoms with E-state index in [1.54, 1.807) is 24.4 Å². The molecule has 0 amide bonds. The van der Waals surface area contributed by atoms with Gasteiger partial charge in [-0.25, -0.2) is 9.37 Å². The first-order chi connectivity index (χ1) is 8.16. The number of halogens is 2. The molecule has 1 heterocycles. The second-order valence-electron chi connectivity index (χ2n) is 3.43. The first-order valence-electron chi connectivity index (χ1n) is 4.94. The van der Waals surface area contributed by atoms with E-state index in [2.05, 4.69) is 4.98 Å². The molecule has 88 valence electrons. The molecule has 17 heavy (non-hydrogen) atoms. The highest BCUT2D eigenvalue weighted by molar-refractivity contribution is 6.30. The summed E-state index contributed by atoms with van der Waals surface area (Å²) in [5, 5.41) is 0.0398. The normalized spacial score (nSPS) is 10.2. The fraction of sp³-hybridized carbons (Fsp3) is 0.0833. The quantitative estimate of drug-likeness (QED) is 0.913. The number of pyridine rings is 1. The lowest BCUT2D eigenvalue weighted by Gasteiger charge is -2.07. The average Bonchev–Trinajstić information content (AvgIpc) is 2.33. The number of nitrogen functional groups attached to an aromatic ring is 1. The van der Waals surface area contributed by atoms with E-state index in [-0.39, 0.29) is 17.4 Å². The van der Waals surface area contributed by atoms with Crippen molar-refractivity contribution in [3.8, 4) is 5.75 Å². The maximum atomic E-state index is 13.5. The largest absolute Gasteiger partial charge is 0.486 e. The smallest absolute Gasteiger partial charge is 0.183 e. The second-order valence-corrected chi connectivity index (χ2v) is 3.84. The Balaban J connectivity index is 2.07. The standard InChI is InChI=1S/C12H10ClFN2O/c13-9-2-1-3-10(12(9)14)17-7-8-4-5-11(15)16-6-8/h1-6H,7H2,(H2,15,16). The summed E-state index contributed by atoms with van der Waals surface area (Å²) in [5.41, 5.74) is 6.25. The Morgan fingerprint density at radius 2 is 2.12 bits per heavy atom. The van der Waals surface area contributed by atoms with E-state index in [1.165, 1.54) is 12.1 Å². The number of hydrogen-bond donors (Lipinski definition) is 1. The van der Waals surface area contributed by atoms with Crippen molar-refractivity contribution in [2.45, 2.75) is 6.61 Å². The Bertz CT molecular complexity index is 516. The maximum Gasteiger partial charge on any atom is 0.183 e. The first-order valence-corrected chi connectivity index (χ1v) is 5.32. The molecule has 2 rings (SSSR count). The number of hydrogen-bond acceptors (Lipinski definition) is 3. The van der Waals surface area contributed by atoms with Crippen LogP contribution < -0.4 is 10.5 Å². The van der Waals surface area contributed by atoms with Crippen LogP contribution in [0.3, 0.4) is 0 Å². The molecule has 0 fully saturated rings. The van der Waals surface area contributed by atoms with Gasteiger partial charge in [0.1, 0.15) is 12.4 Å². The average molecular weight is 253 g/mol. The Labute approximate surface area is 103 Å². The highest BCUT2D eigenvalue weighted by atomic mass is 35.5. The fourth-order valence-electron chi connectivity index (χ4n) is 1.28. The SMILES string of the molecule is Nc1ccc(COc2cccc(Cl)c2F)cn1. The summed E-state index contributed by atoms with van der Waals surface area (Å²) in [5.74, 6) is -0.00502. The number of rotatable bonds is 3. The molecular weight excluding hydrogens is 243 g/mol. The van der Waals surface area contributed by atoms with Crippen LogP contribution in [0.2, 0.25) is 5.02 Å². The molecule has 1 aromatic carbocycles. The predicted molar refractivity (Wildman–Crippen MR) is 64.4 cm³/mol. The first kappa shape index (κ1) is 11.7. The van der Waals surface area contributed by atoms with Gasteiger partial charge in [-0.3, -0.25) is 0 Å². The van der Waals surface area contributed by atoms with Gasteiger partial charge < -0.3 is 10.5 Å². The zero-order chi connectivity index (χ0) is 12.3. The van der Waals surface area contributed by atoms with E-state index < -0.39 is 5.82 Å². The minimum absolute atomic E-state index is 0.0398. The van der Waals surface area contributed by atoms with Gasteiger partial charge in [0.25, 0.3) is 0 Å². The van der Waals surface area contributed by atoms with E-state index in [1.807, 2.05) is 0 Å². The minimum Gasteiger partial charge on any atom is -0.486 e. The third-order valence-corrected chi connectivity index (χ3v) is 2.45. The van der Waals surface area contributed by atoms with Crippen LogP contribution in [0.15, 0.2) is 36.5 Å². The van der Waals surface area contributed by atoms with Gasteiger partial charge in [-0.2, -0.15) is 0 Å². The Morgan fingerprint density at radius 3 is 2.82 bits per heavy atom. The van der Waals surface area contributed by atoms with Gasteiger partial charge in [-0.05, 0) is 18.2 Å². The summed E-state index contributed by atoms with van der Waals surface area (Å²) in [6, 6.07) is 8.04. The Kier molecular flexibility index (Phi) is 3.44. The fourth-order valence-corrected chi connectivity index (χ4v) is 1.44. The summed E-state index contributed by atoms with van der Waals surface area (Å²) in [6.45, 7) is 0.213. The molecule has 0 saturated heterocycles. The summed E-state index contributed by atoms with van der Waals surface area (Å²) >= 11 is 5.63. The predicted octanol–water partition coefficient (Wildman–Crippen LogP) is 3.04. The molecule has 2 N–H and O–H groups in total. The van der Waals surface area contributed by atoms with Gasteiger partial charge in [-0.15, -0.1) is 0 Å². The molecule has 0 aliphatic heterocycles. The van der Waals surface area contributed by atoms with Crippen molar-refractivity contribution in [1.82, 2.24) is 4.98 Å². The topological polar surface area (TPSA) is 48.1 Å². The number of anilines is 1. The number of ether oxygens (including phenoxy) is 1. The summed E-state index contributed by atoms with van der Waals surface area (Å²) in [4.78, 5) is 3.91. The lowest BCUT2D eigenvalue weighted by molar-refractivity contribution is 0.290. The number of aromatic nitrogens is 1. The van der Waals surface area contributed by atoms with Crippen LogP contribution in [0.1, 0.15) is 5.56 Å². The maximum absolute atomic E-state index is 13.5. The van der Waals surface area contributed by atoms with Gasteiger partial charge in [-0.1, -0.05) is 23.7 Å². The highest BCUT2D eigenvalue weighted by Gasteiger charge is 2.07. The van der Waals surface area contributed by atoms with Gasteiger partial charge >= 0.3 is 0 Å². The van der Waals surface area contributed by atoms with Crippen LogP contribution in [0, 0.1) is 5.82 Å². The molecule has 0 aliphatic rings. The third kappa shape index (κ3) is 2.85. The van der Waals surface area contributed by atoms with Gasteiger partial charge in [0.05, 0.1) is 5.02 Å². The van der Waals surface area contributed by atoms with Crippen LogP contribution in [0.25, 0.3) is 0 Å². The zero-order valence-electron chi connectivity index (χ0n) is 8.86. The van der Waals surface area contributed by atoms with Crippen LogP contribution in [-0.2, 0) is 6.61 Å². The van der Waals surface area contributed by atoms with E-state index in [9.17, 15) is 4.39 Å². The monoisotopic (exact) mass is 252 g/mol. The van der Waals surface area contributed by atoms with Crippen molar-refractivity contribution in [3.05, 3.63) is 52.9 Å². The van der Waals surface area contributed by atoms with E-state index >= 15 is 0 Å². The molecule has 0 spiro atoms. The molecule has 0 radical (unpaired) electrons. The molecule has 1 aromatic heterocycles. The van der Waals surface area contributed by atoms with E-state index in [0.717, 1.165) is 5.56 Å². The van der Waals surface area contributed by atoms with E-state index in [0.29, 0.717) is 5.82 Å². The third-order valence-electron chi connectivity index (χ3n) is 2.16. The minimum atomic E-state index is -0.558. The highest BCUT2D eigenvalue weighted by Crippen LogP contribution is 2.24. The van der Waals surface area contributed by atoms with Crippen molar-refractivity contribution in [3.63, 3.8) is 0 Å². The summed E-state index contributed by atoms with van der Waals surface area (Å²) in [6.07, 6.45) is 1.58. The van der Waals surface area contributed by atoms with Crippen LogP contribution in [0.5, 0.6) is 5.75 Å². The lowest BCUT2D eigenvalue weighted by atomic mass is 10.3. The van der Waals surface area contributed by atoms with Crippen molar-refractivity contribution in [2.75, 3.05) is 5.73 Å². The Hall–Kier alpha value is -1.81. The zero-order valence-corrected chi connectivity index (χ0v) is 9.62. The van der Waals surface area contributed by atoms with Crippen molar-refractivity contribution in [1.29, 1.82) is 0 Å². The van der Waals surface area contributed by atoms with Crippen molar-refractivity contribution in [2.24, 2.45) is 0 Å². The second kappa shape index (κ2) is 5.01. The molecule has 0 atom stereocenters. The molecule has 0 bridgehead atoms. The Morgan fingerprint density at radius 1 is 1.29 bits per heavy atom. The number of nitrogens with two attached hydrogens (primary N) is 1. The van der Waals surface area contributed by atoms with Crippen LogP contribution >= 0.6 is 11.6 Å². The van der Waals surface area contributed by atoms with Gasteiger partial charge in [0, 0.05) is 11.8 Å². The molecular formula is C12H10ClFN2O. The van der Waals surface area contributed by atoms with Gasteiger partial charge in [0.15, 0.2) is 11.6 Å². The molecule has 0 unspecified atom stereocenters. The molecule has 5 heteroatoms. The lowest BCUT2D eigenvalue weighted by Crippen LogP contribution is -1.99. The van der Waals surface area contributed by atoms with E-state index in [4.69, 9.17) is 22.1 Å². The number of benzene rings is 1. The summed E-state index contributed by atoms with van der Waals surface area (Å²) in [7, 11) is 0. The summed E-state index contributed by atoms with van der Waals surface area (Å²) < 4.78 is 18.8.